The predicted octanol–water partition coefficient (Wildman–Crippen LogP) is 3.66. The normalized spacial score (nSPS) is 14.0. The first kappa shape index (κ1) is 24.5. The monoisotopic (exact) mass is 499 g/mol. The number of benzene rings is 1. The number of rotatable bonds is 8. The maximum atomic E-state index is 13.3. The summed E-state index contributed by atoms with van der Waals surface area (Å²) in [5.74, 6) is 1.72. The van der Waals surface area contributed by atoms with Crippen molar-refractivity contribution in [2.75, 3.05) is 39.7 Å². The zero-order chi connectivity index (χ0) is 24.9. The van der Waals surface area contributed by atoms with Gasteiger partial charge in [-0.15, -0.1) is 11.3 Å². The number of hydrogen-bond donors (Lipinski definition) is 1. The zero-order valence-electron chi connectivity index (χ0n) is 20.2. The van der Waals surface area contributed by atoms with E-state index in [1.54, 1.807) is 34.5 Å². The summed E-state index contributed by atoms with van der Waals surface area (Å²) in [5, 5.41) is 9.72. The van der Waals surface area contributed by atoms with Crippen LogP contribution in [0, 0.1) is 0 Å². The highest BCUT2D eigenvalue weighted by molar-refractivity contribution is 7.10. The molecule has 0 saturated carbocycles. The Morgan fingerprint density at radius 1 is 1.09 bits per heavy atom. The molecule has 1 fully saturated rings. The van der Waals surface area contributed by atoms with Crippen molar-refractivity contribution in [3.63, 3.8) is 0 Å². The molecule has 0 atom stereocenters. The fourth-order valence-electron chi connectivity index (χ4n) is 4.22. The van der Waals surface area contributed by atoms with Gasteiger partial charge in [-0.3, -0.25) is 9.59 Å². The molecule has 10 nitrogen and oxygen atoms in total. The lowest BCUT2D eigenvalue weighted by molar-refractivity contribution is 0.0708. The Morgan fingerprint density at radius 3 is 2.49 bits per heavy atom. The fourth-order valence-corrected chi connectivity index (χ4v) is 5.19. The molecule has 2 amide bonds. The number of ether oxygens (including phenoxy) is 3. The molecule has 0 radical (unpaired) electrons. The first-order valence-electron chi connectivity index (χ1n) is 11.4. The first-order chi connectivity index (χ1) is 17.0. The van der Waals surface area contributed by atoms with Crippen LogP contribution < -0.4 is 19.5 Å². The molecule has 1 aliphatic heterocycles. The van der Waals surface area contributed by atoms with Gasteiger partial charge in [0.05, 0.1) is 38.1 Å². The minimum atomic E-state index is -0.254. The standard InChI is InChI=1S/C24H29N5O5S/c1-5-29-19(8-11-25-29)27-22(30)17-14-35-23(26-17)15-9-12-28(13-10-15)24(31)16-6-7-18(32-2)21(34-4)20(16)33-3/h6-8,11,14-15H,5,9-10,12-13H2,1-4H3,(H,27,30). The molecule has 0 unspecified atom stereocenters. The smallest absolute Gasteiger partial charge is 0.276 e. The summed E-state index contributed by atoms with van der Waals surface area (Å²) in [4.78, 5) is 32.3. The van der Waals surface area contributed by atoms with E-state index in [2.05, 4.69) is 15.4 Å². The molecule has 3 heterocycles. The van der Waals surface area contributed by atoms with E-state index >= 15 is 0 Å². The summed E-state index contributed by atoms with van der Waals surface area (Å²) < 4.78 is 17.9. The van der Waals surface area contributed by atoms with Crippen LogP contribution >= 0.6 is 11.3 Å². The van der Waals surface area contributed by atoms with E-state index in [1.807, 2.05) is 11.8 Å². The van der Waals surface area contributed by atoms with Crippen molar-refractivity contribution in [1.82, 2.24) is 19.7 Å². The van der Waals surface area contributed by atoms with E-state index in [0.29, 0.717) is 54.0 Å². The van der Waals surface area contributed by atoms with Crippen LogP contribution in [0.2, 0.25) is 0 Å². The molecule has 186 valence electrons. The topological polar surface area (TPSA) is 108 Å². The Morgan fingerprint density at radius 2 is 1.83 bits per heavy atom. The largest absolute Gasteiger partial charge is 0.493 e. The molecule has 1 N–H and O–H groups in total. The number of nitrogens with zero attached hydrogens (tertiary/aromatic N) is 4. The van der Waals surface area contributed by atoms with Crippen LogP contribution in [0.1, 0.15) is 51.5 Å². The molecule has 1 aromatic carbocycles. The van der Waals surface area contributed by atoms with Crippen molar-refractivity contribution in [2.45, 2.75) is 32.2 Å². The highest BCUT2D eigenvalue weighted by Gasteiger charge is 2.30. The predicted molar refractivity (Wildman–Crippen MR) is 132 cm³/mol. The van der Waals surface area contributed by atoms with Crippen LogP contribution in [-0.4, -0.2) is 65.9 Å². The van der Waals surface area contributed by atoms with Gasteiger partial charge >= 0.3 is 0 Å². The van der Waals surface area contributed by atoms with Crippen LogP contribution in [0.25, 0.3) is 0 Å². The molecule has 0 aliphatic carbocycles. The summed E-state index contributed by atoms with van der Waals surface area (Å²) in [6.07, 6.45) is 3.18. The maximum Gasteiger partial charge on any atom is 0.276 e. The lowest BCUT2D eigenvalue weighted by Gasteiger charge is -2.31. The number of methoxy groups -OCH3 is 3. The van der Waals surface area contributed by atoms with E-state index in [4.69, 9.17) is 14.2 Å². The molecule has 3 aromatic rings. The quantitative estimate of drug-likeness (QED) is 0.504. The highest BCUT2D eigenvalue weighted by Crippen LogP contribution is 2.40. The van der Waals surface area contributed by atoms with Crippen molar-refractivity contribution in [3.05, 3.63) is 46.0 Å². The van der Waals surface area contributed by atoms with Crippen molar-refractivity contribution < 1.29 is 23.8 Å². The second-order valence-electron chi connectivity index (χ2n) is 8.01. The number of carbonyl (C=O) groups is 2. The third kappa shape index (κ3) is 4.95. The van der Waals surface area contributed by atoms with E-state index in [1.165, 1.54) is 32.7 Å². The minimum absolute atomic E-state index is 0.118. The van der Waals surface area contributed by atoms with Gasteiger partial charge in [0, 0.05) is 37.0 Å². The Hall–Kier alpha value is -3.60. The van der Waals surface area contributed by atoms with Crippen LogP contribution in [0.3, 0.4) is 0 Å². The zero-order valence-corrected chi connectivity index (χ0v) is 21.1. The number of likely N-dealkylation sites (tertiary alicyclic amines) is 1. The second-order valence-corrected chi connectivity index (χ2v) is 8.90. The number of nitrogens with one attached hydrogen (secondary N) is 1. The van der Waals surface area contributed by atoms with Gasteiger partial charge in [-0.1, -0.05) is 0 Å². The number of aromatic nitrogens is 3. The van der Waals surface area contributed by atoms with Crippen LogP contribution in [-0.2, 0) is 6.54 Å². The van der Waals surface area contributed by atoms with Gasteiger partial charge in [0.15, 0.2) is 11.5 Å². The molecule has 35 heavy (non-hydrogen) atoms. The Kier molecular flexibility index (Phi) is 7.54. The van der Waals surface area contributed by atoms with E-state index in [-0.39, 0.29) is 17.7 Å². The lowest BCUT2D eigenvalue weighted by Crippen LogP contribution is -2.38. The van der Waals surface area contributed by atoms with E-state index in [0.717, 1.165) is 17.8 Å². The van der Waals surface area contributed by atoms with Gasteiger partial charge in [-0.05, 0) is 31.9 Å². The van der Waals surface area contributed by atoms with Crippen molar-refractivity contribution in [3.8, 4) is 17.2 Å². The minimum Gasteiger partial charge on any atom is -0.493 e. The summed E-state index contributed by atoms with van der Waals surface area (Å²) in [5.41, 5.74) is 0.825. The molecular weight excluding hydrogens is 470 g/mol. The Labute approximate surface area is 207 Å². The van der Waals surface area contributed by atoms with Crippen molar-refractivity contribution >= 4 is 29.0 Å². The van der Waals surface area contributed by atoms with Crippen LogP contribution in [0.4, 0.5) is 5.82 Å². The Bertz CT molecular complexity index is 1200. The molecule has 1 saturated heterocycles. The molecule has 4 rings (SSSR count). The summed E-state index contributed by atoms with van der Waals surface area (Å²) >= 11 is 1.48. The number of carbonyl (C=O) groups excluding carboxylic acids is 2. The number of hydrogen-bond acceptors (Lipinski definition) is 8. The molecule has 0 bridgehead atoms. The summed E-state index contributed by atoms with van der Waals surface area (Å²) in [6, 6.07) is 5.16. The van der Waals surface area contributed by atoms with Gasteiger partial charge in [0.25, 0.3) is 11.8 Å². The van der Waals surface area contributed by atoms with E-state index in [9.17, 15) is 9.59 Å². The van der Waals surface area contributed by atoms with Gasteiger partial charge in [0.2, 0.25) is 5.75 Å². The number of thiazole rings is 1. The van der Waals surface area contributed by atoms with Crippen LogP contribution in [0.15, 0.2) is 29.8 Å². The first-order valence-corrected chi connectivity index (χ1v) is 12.2. The number of piperidine rings is 1. The SMILES string of the molecule is CCn1nccc1NC(=O)c1csc(C2CCN(C(=O)c3ccc(OC)c(OC)c3OC)CC2)n1. The van der Waals surface area contributed by atoms with Crippen LogP contribution in [0.5, 0.6) is 17.2 Å². The average molecular weight is 500 g/mol. The molecule has 0 spiro atoms. The van der Waals surface area contributed by atoms with E-state index < -0.39 is 0 Å². The van der Waals surface area contributed by atoms with Gasteiger partial charge in [0.1, 0.15) is 11.5 Å². The fraction of sp³-hybridized carbons (Fsp3) is 0.417. The van der Waals surface area contributed by atoms with Gasteiger partial charge in [-0.2, -0.15) is 5.10 Å². The second kappa shape index (κ2) is 10.8. The summed E-state index contributed by atoms with van der Waals surface area (Å²) in [6.45, 7) is 3.79. The van der Waals surface area contributed by atoms with Gasteiger partial charge in [-0.25, -0.2) is 9.67 Å². The molecule has 11 heteroatoms. The number of anilines is 1. The van der Waals surface area contributed by atoms with Gasteiger partial charge < -0.3 is 24.4 Å². The third-order valence-electron chi connectivity index (χ3n) is 6.08. The van der Waals surface area contributed by atoms with Crippen molar-refractivity contribution in [2.24, 2.45) is 0 Å². The average Bonchev–Trinajstić information content (AvgIpc) is 3.57. The number of amides is 2. The molecule has 1 aliphatic rings. The molecule has 2 aromatic heterocycles. The number of aryl methyl sites for hydroxylation is 1. The summed E-state index contributed by atoms with van der Waals surface area (Å²) in [7, 11) is 4.56. The molecular formula is C24H29N5O5S. The van der Waals surface area contributed by atoms with Crippen molar-refractivity contribution in [1.29, 1.82) is 0 Å². The maximum absolute atomic E-state index is 13.3. The lowest BCUT2D eigenvalue weighted by atomic mass is 9.97. The third-order valence-corrected chi connectivity index (χ3v) is 7.09. The Balaban J connectivity index is 1.40. The highest BCUT2D eigenvalue weighted by atomic mass is 32.1.